The summed E-state index contributed by atoms with van der Waals surface area (Å²) in [6.45, 7) is -0.250. The average molecular weight is 463 g/mol. The highest BCUT2D eigenvalue weighted by molar-refractivity contribution is 7.92. The molecule has 0 aliphatic heterocycles. The summed E-state index contributed by atoms with van der Waals surface area (Å²) in [6, 6.07) is 11.3. The predicted octanol–water partition coefficient (Wildman–Crippen LogP) is 3.53. The lowest BCUT2D eigenvalue weighted by atomic mass is 10.2. The second-order valence-electron chi connectivity index (χ2n) is 5.77. The van der Waals surface area contributed by atoms with Crippen molar-refractivity contribution in [1.29, 1.82) is 5.26 Å². The smallest absolute Gasteiger partial charge is 0.290 e. The van der Waals surface area contributed by atoms with E-state index in [-0.39, 0.29) is 40.0 Å². The summed E-state index contributed by atoms with van der Waals surface area (Å²) in [7, 11) is -2.72. The van der Waals surface area contributed by atoms with Crippen LogP contribution in [0.3, 0.4) is 0 Å². The third-order valence-corrected chi connectivity index (χ3v) is 5.01. The molecular weight excluding hydrogens is 448 g/mol. The highest BCUT2D eigenvalue weighted by Crippen LogP contribution is 2.30. The van der Waals surface area contributed by atoms with E-state index in [1.807, 2.05) is 6.07 Å². The largest absolute Gasteiger partial charge is 0.497 e. The highest BCUT2D eigenvalue weighted by Gasteiger charge is 2.18. The number of nitrogens with one attached hydrogen (secondary N) is 1. The van der Waals surface area contributed by atoms with Gasteiger partial charge in [-0.05, 0) is 30.3 Å². The fourth-order valence-corrected chi connectivity index (χ4v) is 3.36. The van der Waals surface area contributed by atoms with Crippen molar-refractivity contribution in [1.82, 2.24) is 4.98 Å². The van der Waals surface area contributed by atoms with Gasteiger partial charge in [-0.1, -0.05) is 0 Å². The minimum Gasteiger partial charge on any atom is -0.497 e. The van der Waals surface area contributed by atoms with Crippen LogP contribution in [0.5, 0.6) is 17.2 Å². The van der Waals surface area contributed by atoms with Crippen LogP contribution >= 0.6 is 0 Å². The lowest BCUT2D eigenvalue weighted by Gasteiger charge is -2.11. The van der Waals surface area contributed by atoms with E-state index >= 15 is 0 Å². The predicted molar refractivity (Wildman–Crippen MR) is 108 cm³/mol. The monoisotopic (exact) mass is 463 g/mol. The van der Waals surface area contributed by atoms with Crippen LogP contribution in [0.15, 0.2) is 59.6 Å². The molecule has 0 amide bonds. The number of pyridine rings is 1. The molecule has 166 valence electrons. The molecule has 3 rings (SSSR count). The maximum atomic E-state index is 13.6. The SMILES string of the molecule is COc1cc(F)cc(Oc2ccc(S(=O)(=O)Nc3ccc(F)cn3)cc2C#N)c1.O=CO. The zero-order valence-electron chi connectivity index (χ0n) is 16.3. The lowest BCUT2D eigenvalue weighted by molar-refractivity contribution is -0.122. The van der Waals surface area contributed by atoms with Crippen molar-refractivity contribution < 1.29 is 36.6 Å². The van der Waals surface area contributed by atoms with Crippen molar-refractivity contribution in [2.75, 3.05) is 11.8 Å². The standard InChI is InChI=1S/C19H13F2N3O4S.CH2O2/c1-27-15-7-14(21)8-16(9-15)28-18-4-3-17(6-12(18)10-22)29(25,26)24-19-5-2-13(20)11-23-19;2-1-3/h2-9,11H,1H3,(H,23,24);1H,(H,2,3). The molecular formula is C20H15F2N3O6S. The van der Waals surface area contributed by atoms with Gasteiger partial charge in [0, 0.05) is 18.2 Å². The first-order valence-electron chi connectivity index (χ1n) is 8.51. The third-order valence-electron chi connectivity index (χ3n) is 3.66. The van der Waals surface area contributed by atoms with Gasteiger partial charge in [0.2, 0.25) is 0 Å². The van der Waals surface area contributed by atoms with Gasteiger partial charge in [-0.15, -0.1) is 0 Å². The third kappa shape index (κ3) is 6.38. The van der Waals surface area contributed by atoms with Crippen molar-refractivity contribution in [3.63, 3.8) is 0 Å². The number of carboxylic acid groups (broad SMARTS) is 1. The van der Waals surface area contributed by atoms with Crippen LogP contribution in [0, 0.1) is 23.0 Å². The molecule has 0 unspecified atom stereocenters. The molecule has 0 spiro atoms. The topological polar surface area (TPSA) is 139 Å². The van der Waals surface area contributed by atoms with Gasteiger partial charge < -0.3 is 14.6 Å². The Hall–Kier alpha value is -4.24. The van der Waals surface area contributed by atoms with Gasteiger partial charge in [0.25, 0.3) is 16.5 Å². The van der Waals surface area contributed by atoms with Crippen LogP contribution in [0.4, 0.5) is 14.6 Å². The number of rotatable bonds is 6. The quantitative estimate of drug-likeness (QED) is 0.530. The van der Waals surface area contributed by atoms with Crippen LogP contribution in [0.2, 0.25) is 0 Å². The lowest BCUT2D eigenvalue weighted by Crippen LogP contribution is -2.14. The van der Waals surface area contributed by atoms with Crippen molar-refractivity contribution in [3.05, 3.63) is 71.9 Å². The van der Waals surface area contributed by atoms with Crippen molar-refractivity contribution >= 4 is 22.3 Å². The zero-order valence-corrected chi connectivity index (χ0v) is 17.1. The molecule has 1 heterocycles. The van der Waals surface area contributed by atoms with Gasteiger partial charge >= 0.3 is 0 Å². The van der Waals surface area contributed by atoms with Crippen LogP contribution in [0.25, 0.3) is 0 Å². The Morgan fingerprint density at radius 1 is 1.09 bits per heavy atom. The van der Waals surface area contributed by atoms with Gasteiger partial charge in [-0.25, -0.2) is 22.2 Å². The second-order valence-corrected chi connectivity index (χ2v) is 7.45. The Morgan fingerprint density at radius 3 is 2.38 bits per heavy atom. The minimum absolute atomic E-state index is 0.0269. The summed E-state index contributed by atoms with van der Waals surface area (Å²) in [5.74, 6) is -0.990. The van der Waals surface area contributed by atoms with E-state index in [4.69, 9.17) is 19.4 Å². The number of halogens is 2. The van der Waals surface area contributed by atoms with Crippen LogP contribution in [-0.2, 0) is 14.8 Å². The number of ether oxygens (including phenoxy) is 2. The van der Waals surface area contributed by atoms with E-state index in [9.17, 15) is 22.5 Å². The van der Waals surface area contributed by atoms with E-state index in [2.05, 4.69) is 9.71 Å². The number of nitriles is 1. The Labute approximate surface area is 181 Å². The maximum absolute atomic E-state index is 13.6. The van der Waals surface area contributed by atoms with Crippen LogP contribution in [0.1, 0.15) is 5.56 Å². The molecule has 0 aliphatic rings. The second kappa shape index (κ2) is 10.7. The zero-order chi connectivity index (χ0) is 23.7. The van der Waals surface area contributed by atoms with E-state index in [0.29, 0.717) is 0 Å². The Kier molecular flexibility index (Phi) is 8.03. The average Bonchev–Trinajstić information content (AvgIpc) is 2.75. The number of anilines is 1. The number of hydrogen-bond acceptors (Lipinski definition) is 7. The van der Waals surface area contributed by atoms with Crippen molar-refractivity contribution in [2.24, 2.45) is 0 Å². The fourth-order valence-electron chi connectivity index (χ4n) is 2.33. The van der Waals surface area contributed by atoms with Crippen LogP contribution in [-0.4, -0.2) is 32.1 Å². The molecule has 12 heteroatoms. The number of hydrogen-bond donors (Lipinski definition) is 2. The first kappa shape index (κ1) is 24.0. The number of sulfonamides is 1. The molecule has 0 saturated carbocycles. The van der Waals surface area contributed by atoms with Gasteiger partial charge in [-0.2, -0.15) is 5.26 Å². The van der Waals surface area contributed by atoms with E-state index in [0.717, 1.165) is 36.5 Å². The summed E-state index contributed by atoms with van der Waals surface area (Å²) in [5, 5.41) is 16.3. The molecule has 9 nitrogen and oxygen atoms in total. The summed E-state index contributed by atoms with van der Waals surface area (Å²) >= 11 is 0. The van der Waals surface area contributed by atoms with Crippen molar-refractivity contribution in [2.45, 2.75) is 4.90 Å². The number of carbonyl (C=O) groups is 1. The van der Waals surface area contributed by atoms with Gasteiger partial charge in [0.05, 0.1) is 23.8 Å². The summed E-state index contributed by atoms with van der Waals surface area (Å²) in [6.07, 6.45) is 0.864. The summed E-state index contributed by atoms with van der Waals surface area (Å²) in [4.78, 5) is 11.8. The molecule has 0 saturated heterocycles. The normalized spacial score (nSPS) is 10.2. The number of aromatic nitrogens is 1. The van der Waals surface area contributed by atoms with Crippen LogP contribution < -0.4 is 14.2 Å². The van der Waals surface area contributed by atoms with Gasteiger partial charge in [0.15, 0.2) is 0 Å². The molecule has 3 aromatic rings. The Balaban J connectivity index is 0.00000114. The molecule has 32 heavy (non-hydrogen) atoms. The molecule has 1 aromatic heterocycles. The Morgan fingerprint density at radius 2 is 1.78 bits per heavy atom. The van der Waals surface area contributed by atoms with E-state index in [1.165, 1.54) is 25.3 Å². The molecule has 0 radical (unpaired) electrons. The van der Waals surface area contributed by atoms with E-state index < -0.39 is 21.7 Å². The molecule has 2 N–H and O–H groups in total. The molecule has 0 fully saturated rings. The van der Waals surface area contributed by atoms with E-state index in [1.54, 1.807) is 0 Å². The summed E-state index contributed by atoms with van der Waals surface area (Å²) in [5.41, 5.74) is -0.0943. The van der Waals surface area contributed by atoms with Gasteiger partial charge in [0.1, 0.15) is 40.8 Å². The molecule has 0 bridgehead atoms. The molecule has 0 aliphatic carbocycles. The first-order valence-corrected chi connectivity index (χ1v) is 9.99. The van der Waals surface area contributed by atoms with Crippen molar-refractivity contribution in [3.8, 4) is 23.3 Å². The Bertz CT molecular complexity index is 1250. The first-order chi connectivity index (χ1) is 15.2. The summed E-state index contributed by atoms with van der Waals surface area (Å²) < 4.78 is 64.2. The minimum atomic E-state index is -4.09. The number of methoxy groups -OCH3 is 1. The molecule has 0 atom stereocenters. The fraction of sp³-hybridized carbons (Fsp3) is 0.0500. The molecule has 2 aromatic carbocycles. The number of benzene rings is 2. The highest BCUT2D eigenvalue weighted by atomic mass is 32.2. The maximum Gasteiger partial charge on any atom is 0.290 e. The van der Waals surface area contributed by atoms with Gasteiger partial charge in [-0.3, -0.25) is 9.52 Å². The number of nitrogens with zero attached hydrogens (tertiary/aromatic N) is 2.